The molecule has 3 N–H and O–H groups in total. The Balaban J connectivity index is 1.64. The zero-order chi connectivity index (χ0) is 23.1. The number of nitriles is 1. The highest BCUT2D eigenvalue weighted by molar-refractivity contribution is 7.52. The van der Waals surface area contributed by atoms with Gasteiger partial charge in [-0.1, -0.05) is 42.5 Å². The molecule has 0 aliphatic carbocycles. The molecule has 1 saturated heterocycles. The van der Waals surface area contributed by atoms with Gasteiger partial charge in [-0.3, -0.25) is 14.3 Å². The molecule has 2 aromatic carbocycles. The van der Waals surface area contributed by atoms with Crippen LogP contribution >= 0.6 is 7.60 Å². The first-order valence-electron chi connectivity index (χ1n) is 10.1. The van der Waals surface area contributed by atoms with E-state index in [0.29, 0.717) is 30.5 Å². The molecule has 1 aliphatic rings. The summed E-state index contributed by atoms with van der Waals surface area (Å²) in [6.07, 6.45) is 0.185. The van der Waals surface area contributed by atoms with Gasteiger partial charge in [0.05, 0.1) is 11.6 Å². The Labute approximate surface area is 185 Å². The van der Waals surface area contributed by atoms with Crippen LogP contribution < -0.4 is 5.32 Å². The molecule has 1 fully saturated rings. The summed E-state index contributed by atoms with van der Waals surface area (Å²) in [7, 11) is -4.68. The molecule has 1 unspecified atom stereocenters. The number of hydrogen-bond donors (Lipinski definition) is 3. The molecule has 1 aliphatic heterocycles. The van der Waals surface area contributed by atoms with Crippen LogP contribution in [-0.2, 0) is 27.1 Å². The van der Waals surface area contributed by atoms with Crippen molar-refractivity contribution in [3.05, 3.63) is 71.3 Å². The summed E-state index contributed by atoms with van der Waals surface area (Å²) in [5.41, 5.74) is 1.79. The van der Waals surface area contributed by atoms with Crippen LogP contribution in [0.25, 0.3) is 0 Å². The van der Waals surface area contributed by atoms with Gasteiger partial charge in [-0.05, 0) is 36.1 Å². The maximum absolute atomic E-state index is 12.8. The van der Waals surface area contributed by atoms with Crippen LogP contribution in [0.2, 0.25) is 0 Å². The van der Waals surface area contributed by atoms with Crippen molar-refractivity contribution >= 4 is 19.6 Å². The molecule has 0 spiro atoms. The summed E-state index contributed by atoms with van der Waals surface area (Å²) in [4.78, 5) is 46.1. The number of carbonyl (C=O) groups excluding carboxylic acids is 2. The normalized spacial score (nSPS) is 16.8. The van der Waals surface area contributed by atoms with E-state index >= 15 is 0 Å². The van der Waals surface area contributed by atoms with Crippen molar-refractivity contribution in [2.24, 2.45) is 0 Å². The van der Waals surface area contributed by atoms with E-state index in [1.165, 1.54) is 17.0 Å². The van der Waals surface area contributed by atoms with E-state index in [-0.39, 0.29) is 13.0 Å². The van der Waals surface area contributed by atoms with Crippen LogP contribution in [0, 0.1) is 11.3 Å². The van der Waals surface area contributed by atoms with E-state index in [9.17, 15) is 23.9 Å². The van der Waals surface area contributed by atoms with Crippen molar-refractivity contribution in [2.45, 2.75) is 37.7 Å². The average molecular weight is 457 g/mol. The molecule has 10 heteroatoms. The summed E-state index contributed by atoms with van der Waals surface area (Å²) in [5.74, 6) is -2.09. The van der Waals surface area contributed by atoms with E-state index in [4.69, 9.17) is 10.00 Å². The van der Waals surface area contributed by atoms with E-state index in [1.807, 2.05) is 36.4 Å². The second-order valence-corrected chi connectivity index (χ2v) is 9.32. The number of nitrogens with one attached hydrogen (secondary N) is 1. The molecule has 9 nitrogen and oxygen atoms in total. The SMILES string of the molecule is N#Cc1ccc(CC(NC(=O)[C@@H]2CCCN2C(=O)OCc2ccccc2)P(=O)(O)O)cc1. The van der Waals surface area contributed by atoms with Crippen LogP contribution in [0.5, 0.6) is 0 Å². The van der Waals surface area contributed by atoms with Gasteiger partial charge in [-0.2, -0.15) is 5.26 Å². The molecule has 168 valence electrons. The van der Waals surface area contributed by atoms with Gasteiger partial charge in [0.2, 0.25) is 5.91 Å². The number of rotatable bonds is 7. The Morgan fingerprint density at radius 1 is 1.16 bits per heavy atom. The minimum atomic E-state index is -4.68. The summed E-state index contributed by atoms with van der Waals surface area (Å²) >= 11 is 0. The predicted molar refractivity (Wildman–Crippen MR) is 115 cm³/mol. The highest BCUT2D eigenvalue weighted by Gasteiger charge is 2.38. The molecule has 2 aromatic rings. The highest BCUT2D eigenvalue weighted by atomic mass is 31.2. The number of amides is 2. The van der Waals surface area contributed by atoms with E-state index in [0.717, 1.165) is 5.56 Å². The largest absolute Gasteiger partial charge is 0.445 e. The number of benzene rings is 2. The molecule has 32 heavy (non-hydrogen) atoms. The Hall–Kier alpha value is -3.18. The Morgan fingerprint density at radius 3 is 2.47 bits per heavy atom. The maximum Gasteiger partial charge on any atom is 0.410 e. The smallest absolute Gasteiger partial charge is 0.410 e. The lowest BCUT2D eigenvalue weighted by atomic mass is 10.1. The van der Waals surface area contributed by atoms with Gasteiger partial charge in [0.25, 0.3) is 0 Å². The molecule has 0 aromatic heterocycles. The minimum Gasteiger partial charge on any atom is -0.445 e. The fraction of sp³-hybridized carbons (Fsp3) is 0.318. The molecule has 0 bridgehead atoms. The third-order valence-electron chi connectivity index (χ3n) is 5.22. The van der Waals surface area contributed by atoms with Crippen molar-refractivity contribution in [1.29, 1.82) is 5.26 Å². The van der Waals surface area contributed by atoms with Gasteiger partial charge in [0.1, 0.15) is 18.4 Å². The second-order valence-electron chi connectivity index (χ2n) is 7.52. The molecular weight excluding hydrogens is 433 g/mol. The molecule has 0 radical (unpaired) electrons. The van der Waals surface area contributed by atoms with Crippen LogP contribution in [-0.4, -0.2) is 45.1 Å². The third-order valence-corrected chi connectivity index (χ3v) is 6.35. The van der Waals surface area contributed by atoms with Crippen molar-refractivity contribution in [2.75, 3.05) is 6.54 Å². The summed E-state index contributed by atoms with van der Waals surface area (Å²) < 4.78 is 17.3. The van der Waals surface area contributed by atoms with Gasteiger partial charge in [0, 0.05) is 13.0 Å². The number of hydrogen-bond acceptors (Lipinski definition) is 5. The molecular formula is C22H24N3O6P. The average Bonchev–Trinajstić information content (AvgIpc) is 3.28. The van der Waals surface area contributed by atoms with Gasteiger partial charge in [0.15, 0.2) is 0 Å². The third kappa shape index (κ3) is 6.17. The predicted octanol–water partition coefficient (Wildman–Crippen LogP) is 2.52. The summed E-state index contributed by atoms with van der Waals surface area (Å²) in [6.45, 7) is 0.385. The van der Waals surface area contributed by atoms with Crippen LogP contribution in [0.15, 0.2) is 54.6 Å². The lowest BCUT2D eigenvalue weighted by molar-refractivity contribution is -0.125. The van der Waals surface area contributed by atoms with E-state index in [1.54, 1.807) is 12.1 Å². The number of likely N-dealkylation sites (tertiary alicyclic amines) is 1. The fourth-order valence-electron chi connectivity index (χ4n) is 3.51. The van der Waals surface area contributed by atoms with E-state index < -0.39 is 31.4 Å². The number of carbonyl (C=O) groups is 2. The maximum atomic E-state index is 12.8. The van der Waals surface area contributed by atoms with Crippen LogP contribution in [0.1, 0.15) is 29.5 Å². The Morgan fingerprint density at radius 2 is 1.84 bits per heavy atom. The van der Waals surface area contributed by atoms with Crippen LogP contribution in [0.4, 0.5) is 4.79 Å². The first-order chi connectivity index (χ1) is 15.3. The first-order valence-corrected chi connectivity index (χ1v) is 11.8. The molecule has 1 heterocycles. The van der Waals surface area contributed by atoms with Gasteiger partial charge >= 0.3 is 13.7 Å². The van der Waals surface area contributed by atoms with Crippen molar-refractivity contribution < 1.29 is 28.7 Å². The molecule has 2 amide bonds. The summed E-state index contributed by atoms with van der Waals surface area (Å²) in [5, 5.41) is 11.3. The Bertz CT molecular complexity index is 1030. The highest BCUT2D eigenvalue weighted by Crippen LogP contribution is 2.41. The fourth-order valence-corrected chi connectivity index (χ4v) is 4.26. The van der Waals surface area contributed by atoms with Gasteiger partial charge in [-0.15, -0.1) is 0 Å². The molecule has 0 saturated carbocycles. The van der Waals surface area contributed by atoms with Gasteiger partial charge < -0.3 is 19.8 Å². The topological polar surface area (TPSA) is 140 Å². The van der Waals surface area contributed by atoms with Crippen LogP contribution in [0.3, 0.4) is 0 Å². The monoisotopic (exact) mass is 457 g/mol. The van der Waals surface area contributed by atoms with E-state index in [2.05, 4.69) is 5.32 Å². The van der Waals surface area contributed by atoms with Crippen molar-refractivity contribution in [1.82, 2.24) is 10.2 Å². The number of nitrogens with zero attached hydrogens (tertiary/aromatic N) is 2. The Kier molecular flexibility index (Phi) is 7.65. The standard InChI is InChI=1S/C22H24N3O6P/c23-14-17-10-8-16(9-11-17)13-20(32(28,29)30)24-21(26)19-7-4-12-25(19)22(27)31-15-18-5-2-1-3-6-18/h1-3,5-6,8-11,19-20H,4,7,12-13,15H2,(H,24,26)(H2,28,29,30)/t19-,20?/m0/s1. The zero-order valence-corrected chi connectivity index (χ0v) is 18.1. The van der Waals surface area contributed by atoms with Gasteiger partial charge in [-0.25, -0.2) is 4.79 Å². The quantitative estimate of drug-likeness (QED) is 0.543. The van der Waals surface area contributed by atoms with Crippen molar-refractivity contribution in [3.63, 3.8) is 0 Å². The second kappa shape index (κ2) is 10.4. The lowest BCUT2D eigenvalue weighted by Gasteiger charge is -2.26. The molecule has 3 rings (SSSR count). The number of ether oxygens (including phenoxy) is 1. The molecule has 2 atom stereocenters. The first kappa shape index (κ1) is 23.5. The minimum absolute atomic E-state index is 0.0638. The zero-order valence-electron chi connectivity index (χ0n) is 17.3. The van der Waals surface area contributed by atoms with Crippen molar-refractivity contribution in [3.8, 4) is 6.07 Å². The lowest BCUT2D eigenvalue weighted by Crippen LogP contribution is -2.49. The summed E-state index contributed by atoms with van der Waals surface area (Å²) in [6, 6.07) is 16.5.